The first-order valence-corrected chi connectivity index (χ1v) is 14.2. The lowest BCUT2D eigenvalue weighted by Gasteiger charge is -2.23. The highest BCUT2D eigenvalue weighted by Gasteiger charge is 2.15. The third-order valence-electron chi connectivity index (χ3n) is 7.72. The van der Waals surface area contributed by atoms with E-state index in [1.807, 2.05) is 0 Å². The van der Waals surface area contributed by atoms with Crippen LogP contribution in [0.3, 0.4) is 0 Å². The molecule has 0 bridgehead atoms. The molecule has 0 atom stereocenters. The van der Waals surface area contributed by atoms with Gasteiger partial charge in [-0.2, -0.15) is 0 Å². The molecule has 0 aliphatic heterocycles. The molecule has 0 saturated carbocycles. The summed E-state index contributed by atoms with van der Waals surface area (Å²) in [5, 5.41) is 0. The van der Waals surface area contributed by atoms with E-state index in [1.165, 1.54) is 88.2 Å². The molecule has 0 heterocycles. The second-order valence-electron chi connectivity index (χ2n) is 10.1. The smallest absolute Gasteiger partial charge is 0.0281 e. The predicted molar refractivity (Wildman–Crippen MR) is 160 cm³/mol. The molecule has 0 nitrogen and oxygen atoms in total. The fourth-order valence-corrected chi connectivity index (χ4v) is 2.95. The van der Waals surface area contributed by atoms with E-state index in [9.17, 15) is 0 Å². The first-order valence-electron chi connectivity index (χ1n) is 14.2. The number of unbranched alkanes of at least 4 members (excludes halogenated alkanes) is 1. The fraction of sp³-hybridized carbons (Fsp3) is 0.818. The molecule has 0 aliphatic rings. The zero-order valence-corrected chi connectivity index (χ0v) is 24.8. The number of aryl methyl sites for hydroxylation is 2. The largest absolute Gasteiger partial charge is 0.0776 e. The molecule has 0 saturated heterocycles. The van der Waals surface area contributed by atoms with Gasteiger partial charge in [0.15, 0.2) is 0 Å². The normalized spacial score (nSPS) is 10.4. The molecule has 0 aromatic heterocycles. The van der Waals surface area contributed by atoms with Crippen LogP contribution in [-0.2, 0) is 12.8 Å². The van der Waals surface area contributed by atoms with Crippen LogP contribution in [0.25, 0.3) is 0 Å². The number of benzene rings is 1. The maximum absolute atomic E-state index is 2.35. The lowest BCUT2D eigenvalue weighted by molar-refractivity contribution is 0.286. The summed E-state index contributed by atoms with van der Waals surface area (Å²) in [4.78, 5) is 0. The molecule has 0 fully saturated rings. The van der Waals surface area contributed by atoms with Gasteiger partial charge >= 0.3 is 0 Å². The summed E-state index contributed by atoms with van der Waals surface area (Å²) in [5.74, 6) is 0. The van der Waals surface area contributed by atoms with Crippen LogP contribution in [0.1, 0.15) is 166 Å². The quantitative estimate of drug-likeness (QED) is 0.305. The molecule has 0 heteroatoms. The topological polar surface area (TPSA) is 0 Å². The third kappa shape index (κ3) is 22.8. The predicted octanol–water partition coefficient (Wildman–Crippen LogP) is 12.5. The lowest BCUT2D eigenvalue weighted by atomic mass is 9.82. The Kier molecular flexibility index (Phi) is 30.9. The summed E-state index contributed by atoms with van der Waals surface area (Å²) >= 11 is 0. The van der Waals surface area contributed by atoms with Crippen LogP contribution in [0.5, 0.6) is 0 Å². The van der Waals surface area contributed by atoms with E-state index in [-0.39, 0.29) is 7.43 Å². The second kappa shape index (κ2) is 25.8. The molecule has 0 aliphatic carbocycles. The van der Waals surface area contributed by atoms with Crippen molar-refractivity contribution >= 4 is 0 Å². The molecule has 200 valence electrons. The molecular weight excluding hydrogens is 396 g/mol. The summed E-state index contributed by atoms with van der Waals surface area (Å²) in [6, 6.07) is 9.03. The monoisotopic (exact) mass is 465 g/mol. The van der Waals surface area contributed by atoms with E-state index in [4.69, 9.17) is 0 Å². The Hall–Kier alpha value is -0.780. The van der Waals surface area contributed by atoms with Crippen LogP contribution in [-0.4, -0.2) is 0 Å². The molecule has 1 aromatic carbocycles. The van der Waals surface area contributed by atoms with Gasteiger partial charge in [0.25, 0.3) is 0 Å². The van der Waals surface area contributed by atoms with Gasteiger partial charge in [-0.05, 0) is 34.8 Å². The van der Waals surface area contributed by atoms with Crippen molar-refractivity contribution in [3.63, 3.8) is 0 Å². The molecule has 0 radical (unpaired) electrons. The standard InChI is InChI=1S/C12H18.2C8H18.C4H10.CH4/c1-3-5-11-7-9-12(6-4-2)10-8-11;2*1-5-8(4,6-2)7-3;1-3-4-2;/h7-10H,3-6H2,1-2H3;2*5-7H2,1-4H3;3-4H2,1-2H3;1H4. The van der Waals surface area contributed by atoms with Crippen LogP contribution in [0.2, 0.25) is 0 Å². The van der Waals surface area contributed by atoms with Crippen molar-refractivity contribution < 1.29 is 0 Å². The summed E-state index contributed by atoms with van der Waals surface area (Å²) in [7, 11) is 0. The van der Waals surface area contributed by atoms with E-state index < -0.39 is 0 Å². The van der Waals surface area contributed by atoms with Gasteiger partial charge in [-0.25, -0.2) is 0 Å². The van der Waals surface area contributed by atoms with Crippen molar-refractivity contribution in [1.82, 2.24) is 0 Å². The minimum atomic E-state index is 0. The Bertz CT molecular complexity index is 398. The van der Waals surface area contributed by atoms with Crippen LogP contribution in [0, 0.1) is 10.8 Å². The van der Waals surface area contributed by atoms with Gasteiger partial charge in [0.1, 0.15) is 0 Å². The van der Waals surface area contributed by atoms with Crippen molar-refractivity contribution in [2.45, 2.75) is 168 Å². The van der Waals surface area contributed by atoms with Crippen molar-refractivity contribution in [2.75, 3.05) is 0 Å². The van der Waals surface area contributed by atoms with Crippen molar-refractivity contribution in [3.8, 4) is 0 Å². The van der Waals surface area contributed by atoms with Crippen molar-refractivity contribution in [2.24, 2.45) is 10.8 Å². The maximum Gasteiger partial charge on any atom is -0.0281 e. The zero-order chi connectivity index (χ0) is 25.5. The van der Waals surface area contributed by atoms with E-state index in [1.54, 1.807) is 0 Å². The van der Waals surface area contributed by atoms with Gasteiger partial charge in [-0.3, -0.25) is 0 Å². The SMILES string of the molecule is C.CCC(C)(CC)CC.CCC(C)(CC)CC.CCCC.CCCc1ccc(CCC)cc1. The van der Waals surface area contributed by atoms with E-state index in [2.05, 4.69) is 107 Å². The van der Waals surface area contributed by atoms with Gasteiger partial charge < -0.3 is 0 Å². The zero-order valence-electron chi connectivity index (χ0n) is 24.8. The summed E-state index contributed by atoms with van der Waals surface area (Å²) in [6.07, 6.45) is 15.5. The third-order valence-corrected chi connectivity index (χ3v) is 7.72. The first-order chi connectivity index (χ1) is 15.1. The molecular formula is C33H68. The number of hydrogen-bond donors (Lipinski definition) is 0. The van der Waals surface area contributed by atoms with Crippen LogP contribution >= 0.6 is 0 Å². The molecule has 1 rings (SSSR count). The Labute approximate surface area is 213 Å². The van der Waals surface area contributed by atoms with Crippen LogP contribution < -0.4 is 0 Å². The van der Waals surface area contributed by atoms with Crippen LogP contribution in [0.15, 0.2) is 24.3 Å². The summed E-state index contributed by atoms with van der Waals surface area (Å²) in [5.41, 5.74) is 4.19. The Balaban J connectivity index is -0.000000179. The van der Waals surface area contributed by atoms with E-state index in [0.29, 0.717) is 10.8 Å². The molecule has 33 heavy (non-hydrogen) atoms. The highest BCUT2D eigenvalue weighted by molar-refractivity contribution is 5.22. The first kappa shape index (κ1) is 39.4. The van der Waals surface area contributed by atoms with Crippen molar-refractivity contribution in [3.05, 3.63) is 35.4 Å². The van der Waals surface area contributed by atoms with E-state index in [0.717, 1.165) is 0 Å². The summed E-state index contributed by atoms with van der Waals surface area (Å²) in [6.45, 7) is 27.1. The van der Waals surface area contributed by atoms with Gasteiger partial charge in [0.05, 0.1) is 0 Å². The van der Waals surface area contributed by atoms with Gasteiger partial charge in [0, 0.05) is 0 Å². The van der Waals surface area contributed by atoms with Crippen molar-refractivity contribution in [1.29, 1.82) is 0 Å². The highest BCUT2D eigenvalue weighted by Crippen LogP contribution is 2.29. The Morgan fingerprint density at radius 2 is 0.636 bits per heavy atom. The average Bonchev–Trinajstić information content (AvgIpc) is 2.85. The minimum Gasteiger partial charge on any atom is -0.0776 e. The molecule has 0 amide bonds. The van der Waals surface area contributed by atoms with Gasteiger partial charge in [0.2, 0.25) is 0 Å². The molecule has 0 spiro atoms. The second-order valence-corrected chi connectivity index (χ2v) is 10.1. The minimum absolute atomic E-state index is 0. The fourth-order valence-electron chi connectivity index (χ4n) is 2.95. The molecule has 0 unspecified atom stereocenters. The maximum atomic E-state index is 2.35. The van der Waals surface area contributed by atoms with E-state index >= 15 is 0 Å². The van der Waals surface area contributed by atoms with Crippen LogP contribution in [0.4, 0.5) is 0 Å². The molecule has 1 aromatic rings. The Morgan fingerprint density at radius 1 is 0.424 bits per heavy atom. The van der Waals surface area contributed by atoms with Gasteiger partial charge in [-0.1, -0.05) is 179 Å². The molecule has 0 N–H and O–H groups in total. The number of rotatable bonds is 11. The summed E-state index contributed by atoms with van der Waals surface area (Å²) < 4.78 is 0. The highest BCUT2D eigenvalue weighted by atomic mass is 14.2. The average molecular weight is 465 g/mol. The number of hydrogen-bond acceptors (Lipinski definition) is 0. The lowest BCUT2D eigenvalue weighted by Crippen LogP contribution is -2.10. The Morgan fingerprint density at radius 3 is 0.727 bits per heavy atom. The van der Waals surface area contributed by atoms with Gasteiger partial charge in [-0.15, -0.1) is 0 Å².